The van der Waals surface area contributed by atoms with Crippen molar-refractivity contribution in [2.45, 2.75) is 19.1 Å². The van der Waals surface area contributed by atoms with Gasteiger partial charge < -0.3 is 9.30 Å². The first-order valence-corrected chi connectivity index (χ1v) is 10.4. The van der Waals surface area contributed by atoms with Crippen LogP contribution in [0.4, 0.5) is 0 Å². The maximum atomic E-state index is 13.2. The number of aromatic nitrogens is 1. The first kappa shape index (κ1) is 20.6. The van der Waals surface area contributed by atoms with Crippen molar-refractivity contribution in [2.75, 3.05) is 26.3 Å². The SMILES string of the molecule is N#CCC(NCc1cn(-c2ccccc2)c2cc(Cl)ccc2c1=O)N1CCOCC1. The second-order valence-corrected chi connectivity index (χ2v) is 7.69. The molecule has 0 spiro atoms. The number of pyridine rings is 1. The van der Waals surface area contributed by atoms with Gasteiger partial charge in [0.25, 0.3) is 0 Å². The topological polar surface area (TPSA) is 70.3 Å². The standard InChI is InChI=1S/C23H23ClN4O2/c24-18-6-7-20-21(14-18)28(19-4-2-1-3-5-19)16-17(23(20)29)15-26-22(8-9-25)27-10-12-30-13-11-27/h1-7,14,16,22,26H,8,10-13,15H2. The third-order valence-electron chi connectivity index (χ3n) is 5.37. The lowest BCUT2D eigenvalue weighted by Crippen LogP contribution is -2.50. The molecule has 7 heteroatoms. The largest absolute Gasteiger partial charge is 0.379 e. The van der Waals surface area contributed by atoms with Gasteiger partial charge in [0.15, 0.2) is 5.43 Å². The third kappa shape index (κ3) is 4.40. The van der Waals surface area contributed by atoms with Gasteiger partial charge in [0.05, 0.1) is 37.4 Å². The van der Waals surface area contributed by atoms with Gasteiger partial charge in [-0.3, -0.25) is 15.0 Å². The lowest BCUT2D eigenvalue weighted by Gasteiger charge is -2.33. The molecule has 1 saturated heterocycles. The molecule has 30 heavy (non-hydrogen) atoms. The molecule has 3 aromatic rings. The fourth-order valence-electron chi connectivity index (χ4n) is 3.81. The van der Waals surface area contributed by atoms with Crippen LogP contribution in [0.3, 0.4) is 0 Å². The van der Waals surface area contributed by atoms with E-state index in [-0.39, 0.29) is 11.6 Å². The minimum absolute atomic E-state index is 0.0287. The highest BCUT2D eigenvalue weighted by molar-refractivity contribution is 6.31. The van der Waals surface area contributed by atoms with Gasteiger partial charge in [-0.15, -0.1) is 0 Å². The quantitative estimate of drug-likeness (QED) is 0.660. The number of nitrogens with one attached hydrogen (secondary N) is 1. The van der Waals surface area contributed by atoms with Crippen molar-refractivity contribution in [1.82, 2.24) is 14.8 Å². The molecule has 4 rings (SSSR count). The van der Waals surface area contributed by atoms with Crippen LogP contribution in [0.15, 0.2) is 59.5 Å². The van der Waals surface area contributed by atoms with E-state index in [0.29, 0.717) is 42.2 Å². The predicted octanol–water partition coefficient (Wildman–Crippen LogP) is 3.31. The number of halogens is 1. The number of hydrogen-bond acceptors (Lipinski definition) is 5. The van der Waals surface area contributed by atoms with E-state index in [1.54, 1.807) is 12.1 Å². The van der Waals surface area contributed by atoms with Gasteiger partial charge >= 0.3 is 0 Å². The molecule has 1 atom stereocenters. The number of fused-ring (bicyclic) bond motifs is 1. The van der Waals surface area contributed by atoms with E-state index in [1.165, 1.54) is 0 Å². The van der Waals surface area contributed by atoms with Crippen LogP contribution in [0.25, 0.3) is 16.6 Å². The van der Waals surface area contributed by atoms with Crippen LogP contribution in [0.5, 0.6) is 0 Å². The summed E-state index contributed by atoms with van der Waals surface area (Å²) in [5.74, 6) is 0. The summed E-state index contributed by atoms with van der Waals surface area (Å²) in [6.45, 7) is 3.21. The Morgan fingerprint density at radius 2 is 1.93 bits per heavy atom. The Bertz CT molecular complexity index is 1120. The van der Waals surface area contributed by atoms with Crippen LogP contribution >= 0.6 is 11.6 Å². The van der Waals surface area contributed by atoms with Crippen molar-refractivity contribution < 1.29 is 4.74 Å². The van der Waals surface area contributed by atoms with Crippen LogP contribution in [0.2, 0.25) is 5.02 Å². The average molecular weight is 423 g/mol. The summed E-state index contributed by atoms with van der Waals surface area (Å²) in [6, 6.07) is 17.4. The summed E-state index contributed by atoms with van der Waals surface area (Å²) in [6.07, 6.45) is 2.09. The fourth-order valence-corrected chi connectivity index (χ4v) is 3.98. The van der Waals surface area contributed by atoms with E-state index in [4.69, 9.17) is 16.3 Å². The van der Waals surface area contributed by atoms with E-state index in [2.05, 4.69) is 16.3 Å². The highest BCUT2D eigenvalue weighted by Gasteiger charge is 2.21. The van der Waals surface area contributed by atoms with Gasteiger partial charge in [0.1, 0.15) is 0 Å². The van der Waals surface area contributed by atoms with Crippen LogP contribution in [-0.2, 0) is 11.3 Å². The number of ether oxygens (including phenoxy) is 1. The summed E-state index contributed by atoms with van der Waals surface area (Å²) >= 11 is 6.22. The van der Waals surface area contributed by atoms with E-state index in [0.717, 1.165) is 24.3 Å². The Morgan fingerprint density at radius 1 is 1.17 bits per heavy atom. The van der Waals surface area contributed by atoms with Gasteiger partial charge in [-0.25, -0.2) is 0 Å². The van der Waals surface area contributed by atoms with Gasteiger partial charge in [-0.2, -0.15) is 5.26 Å². The summed E-state index contributed by atoms with van der Waals surface area (Å²) in [5, 5.41) is 13.9. The zero-order chi connectivity index (χ0) is 20.9. The molecule has 0 saturated carbocycles. The summed E-state index contributed by atoms with van der Waals surface area (Å²) in [5.41, 5.74) is 2.33. The van der Waals surface area contributed by atoms with Crippen molar-refractivity contribution in [3.05, 3.63) is 75.5 Å². The van der Waals surface area contributed by atoms with Crippen molar-refractivity contribution >= 4 is 22.5 Å². The lowest BCUT2D eigenvalue weighted by molar-refractivity contribution is 0.00942. The number of rotatable bonds is 6. The molecule has 1 unspecified atom stereocenters. The molecule has 1 aromatic heterocycles. The second kappa shape index (κ2) is 9.41. The maximum Gasteiger partial charge on any atom is 0.193 e. The zero-order valence-corrected chi connectivity index (χ0v) is 17.3. The molecule has 0 aliphatic carbocycles. The van der Waals surface area contributed by atoms with Crippen LogP contribution in [0, 0.1) is 11.3 Å². The first-order chi connectivity index (χ1) is 14.7. The lowest BCUT2D eigenvalue weighted by atomic mass is 10.1. The fraction of sp³-hybridized carbons (Fsp3) is 0.304. The van der Waals surface area contributed by atoms with Crippen molar-refractivity contribution in [3.8, 4) is 11.8 Å². The van der Waals surface area contributed by atoms with Crippen LogP contribution < -0.4 is 10.7 Å². The first-order valence-electron chi connectivity index (χ1n) is 9.99. The predicted molar refractivity (Wildman–Crippen MR) is 118 cm³/mol. The summed E-state index contributed by atoms with van der Waals surface area (Å²) in [4.78, 5) is 15.4. The van der Waals surface area contributed by atoms with Crippen LogP contribution in [-0.4, -0.2) is 41.9 Å². The smallest absolute Gasteiger partial charge is 0.193 e. The monoisotopic (exact) mass is 422 g/mol. The van der Waals surface area contributed by atoms with Gasteiger partial charge in [-0.1, -0.05) is 29.8 Å². The van der Waals surface area contributed by atoms with Gasteiger partial charge in [0, 0.05) is 47.5 Å². The molecule has 6 nitrogen and oxygen atoms in total. The molecule has 1 aliphatic heterocycles. The van der Waals surface area contributed by atoms with Crippen LogP contribution in [0.1, 0.15) is 12.0 Å². The Morgan fingerprint density at radius 3 is 2.67 bits per heavy atom. The molecule has 0 amide bonds. The molecular formula is C23H23ClN4O2. The highest BCUT2D eigenvalue weighted by Crippen LogP contribution is 2.21. The highest BCUT2D eigenvalue weighted by atomic mass is 35.5. The van der Waals surface area contributed by atoms with Crippen molar-refractivity contribution in [1.29, 1.82) is 5.26 Å². The van der Waals surface area contributed by atoms with Crippen molar-refractivity contribution in [3.63, 3.8) is 0 Å². The van der Waals surface area contributed by atoms with E-state index < -0.39 is 0 Å². The van der Waals surface area contributed by atoms with E-state index in [1.807, 2.05) is 47.2 Å². The molecule has 2 aromatic carbocycles. The van der Waals surface area contributed by atoms with Crippen molar-refractivity contribution in [2.24, 2.45) is 0 Å². The number of nitrogens with zero attached hydrogens (tertiary/aromatic N) is 3. The Balaban J connectivity index is 1.70. The molecule has 1 N–H and O–H groups in total. The number of hydrogen-bond donors (Lipinski definition) is 1. The minimum atomic E-state index is -0.121. The summed E-state index contributed by atoms with van der Waals surface area (Å²) < 4.78 is 7.41. The molecule has 154 valence electrons. The average Bonchev–Trinajstić information content (AvgIpc) is 2.79. The molecule has 2 heterocycles. The number of benzene rings is 2. The Hall–Kier alpha value is -2.69. The maximum absolute atomic E-state index is 13.2. The Labute approximate surface area is 180 Å². The van der Waals surface area contributed by atoms with E-state index in [9.17, 15) is 10.1 Å². The zero-order valence-electron chi connectivity index (χ0n) is 16.6. The van der Waals surface area contributed by atoms with Gasteiger partial charge in [-0.05, 0) is 30.3 Å². The van der Waals surface area contributed by atoms with Gasteiger partial charge in [0.2, 0.25) is 0 Å². The number of para-hydroxylation sites is 1. The molecule has 0 radical (unpaired) electrons. The second-order valence-electron chi connectivity index (χ2n) is 7.26. The molecule has 1 fully saturated rings. The number of morpholine rings is 1. The van der Waals surface area contributed by atoms with E-state index >= 15 is 0 Å². The minimum Gasteiger partial charge on any atom is -0.379 e. The summed E-state index contributed by atoms with van der Waals surface area (Å²) in [7, 11) is 0. The Kier molecular flexibility index (Phi) is 6.46. The molecular weight excluding hydrogens is 400 g/mol. The molecule has 0 bridgehead atoms. The molecule has 1 aliphatic rings. The third-order valence-corrected chi connectivity index (χ3v) is 5.61. The normalized spacial score (nSPS) is 15.7. The number of nitriles is 1.